The van der Waals surface area contributed by atoms with E-state index in [1.807, 2.05) is 0 Å². The van der Waals surface area contributed by atoms with Gasteiger partial charge in [-0.1, -0.05) is 20.8 Å². The summed E-state index contributed by atoms with van der Waals surface area (Å²) in [6.45, 7) is 8.74. The molecular formula is C9H20N2O. The third-order valence-corrected chi connectivity index (χ3v) is 2.05. The van der Waals surface area contributed by atoms with E-state index in [4.69, 9.17) is 15.9 Å². The minimum Gasteiger partial charge on any atom is -0.480 e. The molecule has 0 amide bonds. The second-order valence-corrected chi connectivity index (χ2v) is 3.69. The van der Waals surface area contributed by atoms with Crippen molar-refractivity contribution in [3.05, 3.63) is 0 Å². The van der Waals surface area contributed by atoms with Gasteiger partial charge in [0.15, 0.2) is 5.90 Å². The lowest BCUT2D eigenvalue weighted by Gasteiger charge is -2.17. The number of rotatable bonds is 4. The first kappa shape index (κ1) is 11.4. The van der Waals surface area contributed by atoms with Crippen LogP contribution >= 0.6 is 0 Å². The van der Waals surface area contributed by atoms with Crippen molar-refractivity contribution >= 4 is 5.90 Å². The van der Waals surface area contributed by atoms with Gasteiger partial charge in [0, 0.05) is 0 Å². The zero-order chi connectivity index (χ0) is 9.72. The molecule has 0 aromatic rings. The van der Waals surface area contributed by atoms with Crippen LogP contribution in [-0.2, 0) is 4.74 Å². The number of hydrogen-bond acceptors (Lipinski definition) is 3. The molecule has 0 saturated carbocycles. The van der Waals surface area contributed by atoms with Crippen molar-refractivity contribution in [3.63, 3.8) is 0 Å². The molecule has 0 aliphatic heterocycles. The molecule has 1 unspecified atom stereocenters. The Kier molecular flexibility index (Phi) is 4.90. The monoisotopic (exact) mass is 172 g/mol. The number of ether oxygens (including phenoxy) is 1. The van der Waals surface area contributed by atoms with Crippen molar-refractivity contribution < 1.29 is 4.74 Å². The summed E-state index contributed by atoms with van der Waals surface area (Å²) < 4.78 is 5.18. The smallest absolute Gasteiger partial charge is 0.197 e. The van der Waals surface area contributed by atoms with Crippen molar-refractivity contribution in [3.8, 4) is 0 Å². The van der Waals surface area contributed by atoms with Gasteiger partial charge >= 0.3 is 0 Å². The summed E-state index contributed by atoms with van der Waals surface area (Å²) in [5.41, 5.74) is 5.45. The molecule has 0 fully saturated rings. The maximum atomic E-state index is 7.33. The molecule has 0 radical (unpaired) electrons. The van der Waals surface area contributed by atoms with Crippen molar-refractivity contribution in [1.82, 2.24) is 0 Å². The van der Waals surface area contributed by atoms with Gasteiger partial charge in [0.05, 0.1) is 12.6 Å². The Balaban J connectivity index is 3.61. The first-order valence-electron chi connectivity index (χ1n) is 4.42. The van der Waals surface area contributed by atoms with Gasteiger partial charge in [-0.15, -0.1) is 0 Å². The summed E-state index contributed by atoms with van der Waals surface area (Å²) in [6, 6.07) is -0.288. The molecule has 3 nitrogen and oxygen atoms in total. The normalized spacial score (nSPS) is 15.8. The number of nitrogens with two attached hydrogens (primary N) is 1. The molecule has 0 aliphatic rings. The van der Waals surface area contributed by atoms with Crippen LogP contribution < -0.4 is 5.73 Å². The van der Waals surface area contributed by atoms with Crippen LogP contribution in [0.2, 0.25) is 0 Å². The maximum absolute atomic E-state index is 7.33. The highest BCUT2D eigenvalue weighted by molar-refractivity contribution is 5.77. The second kappa shape index (κ2) is 5.14. The minimum absolute atomic E-state index is 0.183. The van der Waals surface area contributed by atoms with Crippen LogP contribution in [0.4, 0.5) is 0 Å². The second-order valence-electron chi connectivity index (χ2n) is 3.69. The van der Waals surface area contributed by atoms with Gasteiger partial charge in [0.1, 0.15) is 0 Å². The third kappa shape index (κ3) is 4.34. The van der Waals surface area contributed by atoms with E-state index >= 15 is 0 Å². The highest BCUT2D eigenvalue weighted by Crippen LogP contribution is 2.09. The van der Waals surface area contributed by atoms with Crippen LogP contribution in [0.25, 0.3) is 0 Å². The molecule has 2 atom stereocenters. The lowest BCUT2D eigenvalue weighted by atomic mass is 9.99. The van der Waals surface area contributed by atoms with E-state index in [9.17, 15) is 0 Å². The highest BCUT2D eigenvalue weighted by atomic mass is 16.5. The van der Waals surface area contributed by atoms with Gasteiger partial charge < -0.3 is 10.5 Å². The molecule has 72 valence electrons. The quantitative estimate of drug-likeness (QED) is 0.500. The van der Waals surface area contributed by atoms with Crippen molar-refractivity contribution in [2.24, 2.45) is 17.6 Å². The van der Waals surface area contributed by atoms with E-state index in [0.29, 0.717) is 18.4 Å². The van der Waals surface area contributed by atoms with Gasteiger partial charge in [0.25, 0.3) is 0 Å². The zero-order valence-electron chi connectivity index (χ0n) is 8.42. The third-order valence-electron chi connectivity index (χ3n) is 2.05. The van der Waals surface area contributed by atoms with Crippen molar-refractivity contribution in [2.75, 3.05) is 6.61 Å². The van der Waals surface area contributed by atoms with Crippen molar-refractivity contribution in [2.45, 2.75) is 33.7 Å². The Bertz CT molecular complexity index is 143. The summed E-state index contributed by atoms with van der Waals surface area (Å²) in [6.07, 6.45) is 0. The molecule has 0 aliphatic carbocycles. The minimum atomic E-state index is -0.288. The van der Waals surface area contributed by atoms with E-state index in [2.05, 4.69) is 20.8 Å². The molecule has 3 N–H and O–H groups in total. The van der Waals surface area contributed by atoms with E-state index in [-0.39, 0.29) is 11.9 Å². The molecule has 0 aromatic heterocycles. The number of hydrogen-bond donors (Lipinski definition) is 2. The van der Waals surface area contributed by atoms with Crippen LogP contribution in [-0.4, -0.2) is 18.5 Å². The Morgan fingerprint density at radius 3 is 2.17 bits per heavy atom. The zero-order valence-corrected chi connectivity index (χ0v) is 8.42. The summed E-state index contributed by atoms with van der Waals surface area (Å²) >= 11 is 0. The molecule has 0 bridgehead atoms. The van der Waals surface area contributed by atoms with Gasteiger partial charge in [-0.2, -0.15) is 0 Å². The molecular weight excluding hydrogens is 152 g/mol. The van der Waals surface area contributed by atoms with Crippen LogP contribution in [0.1, 0.15) is 27.7 Å². The van der Waals surface area contributed by atoms with Crippen LogP contribution in [0.5, 0.6) is 0 Å². The van der Waals surface area contributed by atoms with Crippen LogP contribution in [0, 0.1) is 17.2 Å². The van der Waals surface area contributed by atoms with Crippen LogP contribution in [0.3, 0.4) is 0 Å². The highest BCUT2D eigenvalue weighted by Gasteiger charge is 2.10. The van der Waals surface area contributed by atoms with E-state index in [0.717, 1.165) is 0 Å². The Hall–Kier alpha value is -0.570. The Labute approximate surface area is 74.8 Å². The predicted octanol–water partition coefficient (Wildman–Crippen LogP) is 1.62. The summed E-state index contributed by atoms with van der Waals surface area (Å²) in [7, 11) is 0. The summed E-state index contributed by atoms with van der Waals surface area (Å²) in [4.78, 5) is 0. The van der Waals surface area contributed by atoms with E-state index < -0.39 is 0 Å². The SMILES string of the molecule is CC(C)C(C)COC(=N)[C@@H](C)N. The largest absolute Gasteiger partial charge is 0.480 e. The lowest BCUT2D eigenvalue weighted by molar-refractivity contribution is 0.204. The van der Waals surface area contributed by atoms with Gasteiger partial charge in [-0.05, 0) is 18.8 Å². The molecule has 0 spiro atoms. The molecule has 0 aromatic carbocycles. The Morgan fingerprint density at radius 2 is 1.83 bits per heavy atom. The summed E-state index contributed by atoms with van der Waals surface area (Å²) in [5, 5.41) is 7.33. The van der Waals surface area contributed by atoms with E-state index in [1.165, 1.54) is 0 Å². The topological polar surface area (TPSA) is 59.1 Å². The molecule has 12 heavy (non-hydrogen) atoms. The fraction of sp³-hybridized carbons (Fsp3) is 0.889. The predicted molar refractivity (Wildman–Crippen MR) is 51.3 cm³/mol. The maximum Gasteiger partial charge on any atom is 0.197 e. The molecule has 0 saturated heterocycles. The fourth-order valence-corrected chi connectivity index (χ4v) is 0.545. The molecule has 3 heteroatoms. The lowest BCUT2D eigenvalue weighted by Crippen LogP contribution is -2.30. The van der Waals surface area contributed by atoms with E-state index in [1.54, 1.807) is 6.92 Å². The fourth-order valence-electron chi connectivity index (χ4n) is 0.545. The van der Waals surface area contributed by atoms with Gasteiger partial charge in [-0.3, -0.25) is 5.41 Å². The average Bonchev–Trinajstić information content (AvgIpc) is 1.98. The molecule has 0 rings (SSSR count). The number of nitrogens with one attached hydrogen (secondary N) is 1. The average molecular weight is 172 g/mol. The van der Waals surface area contributed by atoms with Crippen LogP contribution in [0.15, 0.2) is 0 Å². The van der Waals surface area contributed by atoms with Gasteiger partial charge in [-0.25, -0.2) is 0 Å². The van der Waals surface area contributed by atoms with Gasteiger partial charge in [0.2, 0.25) is 0 Å². The first-order chi connectivity index (χ1) is 5.45. The molecule has 0 heterocycles. The Morgan fingerprint density at radius 1 is 1.33 bits per heavy atom. The van der Waals surface area contributed by atoms with Crippen molar-refractivity contribution in [1.29, 1.82) is 5.41 Å². The summed E-state index contributed by atoms with van der Waals surface area (Å²) in [5.74, 6) is 1.25. The standard InChI is InChI=1S/C9H20N2O/c1-6(2)7(3)5-12-9(11)8(4)10/h6-8,11H,5,10H2,1-4H3/t7?,8-/m1/s1. The first-order valence-corrected chi connectivity index (χ1v) is 4.42.